The van der Waals surface area contributed by atoms with Gasteiger partial charge in [0, 0.05) is 22.3 Å². The summed E-state index contributed by atoms with van der Waals surface area (Å²) in [4.78, 5) is 19.9. The number of carbonyl (C=O) groups excluding carboxylic acids is 1. The Balaban J connectivity index is 1.56. The maximum atomic E-state index is 13.7. The highest BCUT2D eigenvalue weighted by atomic mass is 32.1. The van der Waals surface area contributed by atoms with Crippen LogP contribution in [0, 0.1) is 13.8 Å². The third kappa shape index (κ3) is 4.55. The highest BCUT2D eigenvalue weighted by Crippen LogP contribution is 2.39. The predicted octanol–water partition coefficient (Wildman–Crippen LogP) is 8.18. The molecular formula is C30H30N2OS. The second-order valence-corrected chi connectivity index (χ2v) is 10.2. The van der Waals surface area contributed by atoms with Gasteiger partial charge in [0.2, 0.25) is 0 Å². The minimum atomic E-state index is -0.0446. The number of anilines is 1. The average molecular weight is 467 g/mol. The number of aliphatic imine (C=N–C) groups is 1. The van der Waals surface area contributed by atoms with E-state index in [1.807, 2.05) is 18.3 Å². The summed E-state index contributed by atoms with van der Waals surface area (Å²) in [5, 5.41) is 6.39. The lowest BCUT2D eigenvalue weighted by molar-refractivity contribution is 0.102. The molecule has 0 saturated carbocycles. The molecule has 0 saturated heterocycles. The zero-order valence-corrected chi connectivity index (χ0v) is 20.7. The van der Waals surface area contributed by atoms with Crippen molar-refractivity contribution in [1.29, 1.82) is 0 Å². The van der Waals surface area contributed by atoms with Gasteiger partial charge in [-0.2, -0.15) is 0 Å². The van der Waals surface area contributed by atoms with Crippen molar-refractivity contribution < 1.29 is 4.79 Å². The first kappa shape index (κ1) is 22.5. The van der Waals surface area contributed by atoms with Crippen LogP contribution in [-0.2, 0) is 12.8 Å². The van der Waals surface area contributed by atoms with Crippen molar-refractivity contribution in [2.45, 2.75) is 52.4 Å². The van der Waals surface area contributed by atoms with Crippen LogP contribution in [0.1, 0.15) is 63.2 Å². The molecule has 0 atom stereocenters. The van der Waals surface area contributed by atoms with Crippen LogP contribution in [-0.4, -0.2) is 12.1 Å². The number of carbonyl (C=O) groups is 1. The lowest BCUT2D eigenvalue weighted by atomic mass is 9.96. The van der Waals surface area contributed by atoms with Crippen LogP contribution in [0.3, 0.4) is 0 Å². The van der Waals surface area contributed by atoms with E-state index in [9.17, 15) is 4.79 Å². The minimum Gasteiger partial charge on any atom is -0.322 e. The maximum absolute atomic E-state index is 13.7. The number of nitrogens with zero attached hydrogens (tertiary/aromatic N) is 1. The van der Waals surface area contributed by atoms with Crippen molar-refractivity contribution >= 4 is 44.9 Å². The summed E-state index contributed by atoms with van der Waals surface area (Å²) >= 11 is 1.70. The van der Waals surface area contributed by atoms with E-state index in [0.29, 0.717) is 0 Å². The largest absolute Gasteiger partial charge is 0.322 e. The fraction of sp³-hybridized carbons (Fsp3) is 0.267. The third-order valence-electron chi connectivity index (χ3n) is 6.88. The van der Waals surface area contributed by atoms with Crippen molar-refractivity contribution in [3.63, 3.8) is 0 Å². The Morgan fingerprint density at radius 2 is 1.68 bits per heavy atom. The number of rotatable bonds is 4. The zero-order chi connectivity index (χ0) is 23.5. The average Bonchev–Trinajstić information content (AvgIpc) is 3.17. The summed E-state index contributed by atoms with van der Waals surface area (Å²) in [6.45, 7) is 4.13. The summed E-state index contributed by atoms with van der Waals surface area (Å²) in [5.41, 5.74) is 6.19. The molecule has 0 fully saturated rings. The van der Waals surface area contributed by atoms with Crippen LogP contribution in [0.15, 0.2) is 65.7 Å². The fourth-order valence-corrected chi connectivity index (χ4v) is 6.02. The molecule has 4 heteroatoms. The lowest BCUT2D eigenvalue weighted by Gasteiger charge is -2.13. The summed E-state index contributed by atoms with van der Waals surface area (Å²) in [7, 11) is 0. The van der Waals surface area contributed by atoms with Gasteiger partial charge in [0.05, 0.1) is 5.56 Å². The molecule has 3 aromatic carbocycles. The number of fused-ring (bicyclic) bond motifs is 2. The van der Waals surface area contributed by atoms with Gasteiger partial charge in [0.25, 0.3) is 5.91 Å². The molecule has 34 heavy (non-hydrogen) atoms. The molecule has 0 radical (unpaired) electrons. The van der Waals surface area contributed by atoms with Gasteiger partial charge in [-0.25, -0.2) is 4.99 Å². The molecule has 172 valence electrons. The molecule has 0 unspecified atom stereocenters. The predicted molar refractivity (Wildman–Crippen MR) is 145 cm³/mol. The molecule has 3 nitrogen and oxygen atoms in total. The Hall–Kier alpha value is -3.24. The summed E-state index contributed by atoms with van der Waals surface area (Å²) < 4.78 is 0. The molecule has 1 aliphatic rings. The highest BCUT2D eigenvalue weighted by Gasteiger charge is 2.24. The molecule has 1 heterocycles. The van der Waals surface area contributed by atoms with Crippen molar-refractivity contribution in [3.05, 3.63) is 93.4 Å². The minimum absolute atomic E-state index is 0.0446. The molecule has 1 amide bonds. The SMILES string of the molecule is Cc1cccc(NC(=O)c2c(N=Cc3cccc4ccccc34)sc3c2CCCCCC3)c1C. The van der Waals surface area contributed by atoms with E-state index in [4.69, 9.17) is 4.99 Å². The van der Waals surface area contributed by atoms with E-state index in [-0.39, 0.29) is 5.91 Å². The molecule has 0 aliphatic heterocycles. The lowest BCUT2D eigenvalue weighted by Crippen LogP contribution is -2.15. The molecular weight excluding hydrogens is 436 g/mol. The molecule has 0 spiro atoms. The van der Waals surface area contributed by atoms with Crippen molar-refractivity contribution in [3.8, 4) is 0 Å². The number of amides is 1. The molecule has 1 aromatic heterocycles. The number of thiophene rings is 1. The summed E-state index contributed by atoms with van der Waals surface area (Å²) in [6, 6.07) is 20.7. The number of nitrogens with one attached hydrogen (secondary N) is 1. The first-order valence-corrected chi connectivity index (χ1v) is 13.0. The van der Waals surface area contributed by atoms with E-state index in [1.54, 1.807) is 11.3 Å². The Labute approximate surface area is 205 Å². The highest BCUT2D eigenvalue weighted by molar-refractivity contribution is 7.16. The van der Waals surface area contributed by atoms with Crippen LogP contribution >= 0.6 is 11.3 Å². The van der Waals surface area contributed by atoms with E-state index < -0.39 is 0 Å². The second kappa shape index (κ2) is 9.94. The first-order chi connectivity index (χ1) is 16.6. The van der Waals surface area contributed by atoms with Crippen molar-refractivity contribution in [1.82, 2.24) is 0 Å². The monoisotopic (exact) mass is 466 g/mol. The molecule has 5 rings (SSSR count). The summed E-state index contributed by atoms with van der Waals surface area (Å²) in [6.07, 6.45) is 8.70. The molecule has 4 aromatic rings. The van der Waals surface area contributed by atoms with Crippen molar-refractivity contribution in [2.24, 2.45) is 4.99 Å². The van der Waals surface area contributed by atoms with Gasteiger partial charge in [-0.1, -0.05) is 67.4 Å². The first-order valence-electron chi connectivity index (χ1n) is 12.2. The van der Waals surface area contributed by atoms with Gasteiger partial charge >= 0.3 is 0 Å². The topological polar surface area (TPSA) is 41.5 Å². The number of benzene rings is 3. The number of hydrogen-bond donors (Lipinski definition) is 1. The Bertz CT molecular complexity index is 1380. The molecule has 1 aliphatic carbocycles. The number of aryl methyl sites for hydroxylation is 2. The zero-order valence-electron chi connectivity index (χ0n) is 19.9. The van der Waals surface area contributed by atoms with E-state index >= 15 is 0 Å². The van der Waals surface area contributed by atoms with E-state index in [1.165, 1.54) is 46.0 Å². The van der Waals surface area contributed by atoms with Crippen LogP contribution in [0.2, 0.25) is 0 Å². The number of hydrogen-bond acceptors (Lipinski definition) is 3. The second-order valence-electron chi connectivity index (χ2n) is 9.13. The standard InChI is InChI=1S/C30H30N2OS/c1-20-11-9-17-26(21(20)2)32-29(33)28-25-16-5-3-4-6-18-27(25)34-30(28)31-19-23-14-10-13-22-12-7-8-15-24(22)23/h7-15,17,19H,3-6,16,18H2,1-2H3,(H,32,33). The summed E-state index contributed by atoms with van der Waals surface area (Å²) in [5.74, 6) is -0.0446. The Morgan fingerprint density at radius 1 is 0.912 bits per heavy atom. The van der Waals surface area contributed by atoms with Gasteiger partial charge in [0.15, 0.2) is 0 Å². The third-order valence-corrected chi connectivity index (χ3v) is 8.08. The van der Waals surface area contributed by atoms with E-state index in [0.717, 1.165) is 46.6 Å². The van der Waals surface area contributed by atoms with E-state index in [2.05, 4.69) is 67.7 Å². The van der Waals surface area contributed by atoms with Crippen LogP contribution < -0.4 is 5.32 Å². The maximum Gasteiger partial charge on any atom is 0.259 e. The normalized spacial score (nSPS) is 14.1. The molecule has 1 N–H and O–H groups in total. The van der Waals surface area contributed by atoms with Gasteiger partial charge in [0.1, 0.15) is 5.00 Å². The van der Waals surface area contributed by atoms with Crippen LogP contribution in [0.25, 0.3) is 10.8 Å². The quantitative estimate of drug-likeness (QED) is 0.303. The fourth-order valence-electron chi connectivity index (χ4n) is 4.79. The van der Waals surface area contributed by atoms with Gasteiger partial charge in [-0.15, -0.1) is 11.3 Å². The van der Waals surface area contributed by atoms with Gasteiger partial charge in [-0.05, 0) is 73.1 Å². The van der Waals surface area contributed by atoms with Crippen LogP contribution in [0.5, 0.6) is 0 Å². The molecule has 0 bridgehead atoms. The Morgan fingerprint density at radius 3 is 2.56 bits per heavy atom. The Kier molecular flexibility index (Phi) is 6.59. The smallest absolute Gasteiger partial charge is 0.259 e. The van der Waals surface area contributed by atoms with Gasteiger partial charge < -0.3 is 5.32 Å². The van der Waals surface area contributed by atoms with Gasteiger partial charge in [-0.3, -0.25) is 4.79 Å². The van der Waals surface area contributed by atoms with Crippen molar-refractivity contribution in [2.75, 3.05) is 5.32 Å². The van der Waals surface area contributed by atoms with Crippen LogP contribution in [0.4, 0.5) is 10.7 Å².